The first-order valence-corrected chi connectivity index (χ1v) is 10.5. The molecule has 3 aromatic rings. The van der Waals surface area contributed by atoms with Crippen LogP contribution in [0.3, 0.4) is 0 Å². The zero-order chi connectivity index (χ0) is 19.9. The van der Waals surface area contributed by atoms with E-state index in [4.69, 9.17) is 4.74 Å². The summed E-state index contributed by atoms with van der Waals surface area (Å²) in [7, 11) is 1.74. The lowest BCUT2D eigenvalue weighted by Gasteiger charge is -2.39. The summed E-state index contributed by atoms with van der Waals surface area (Å²) in [5, 5.41) is 3.84. The van der Waals surface area contributed by atoms with Gasteiger partial charge in [0.05, 0.1) is 7.11 Å². The molecule has 4 rings (SSSR count). The highest BCUT2D eigenvalue weighted by Crippen LogP contribution is 2.29. The number of hydrogen-bond acceptors (Lipinski definition) is 3. The fourth-order valence-corrected chi connectivity index (χ4v) is 4.38. The van der Waals surface area contributed by atoms with Gasteiger partial charge in [-0.2, -0.15) is 0 Å². The third kappa shape index (κ3) is 5.06. The predicted molar refractivity (Wildman–Crippen MR) is 119 cm³/mol. The van der Waals surface area contributed by atoms with Crippen LogP contribution < -0.4 is 10.1 Å². The number of hydrogen-bond donors (Lipinski definition) is 1. The monoisotopic (exact) mass is 386 g/mol. The van der Waals surface area contributed by atoms with Gasteiger partial charge in [-0.15, -0.1) is 0 Å². The van der Waals surface area contributed by atoms with Gasteiger partial charge in [-0.3, -0.25) is 4.90 Å². The topological polar surface area (TPSA) is 24.5 Å². The lowest BCUT2D eigenvalue weighted by Crippen LogP contribution is -2.47. The minimum atomic E-state index is 0.453. The standard InChI is InChI=1S/C26H30N2O/c1-29-26-15-9-8-14-23(26)18-27-25-16-17-28(19-21-10-4-2-5-11-21)20-24(25)22-12-6-3-7-13-22/h2-15,24-25,27H,16-20H2,1H3/t24-,25+/m0/s1. The van der Waals surface area contributed by atoms with Gasteiger partial charge < -0.3 is 10.1 Å². The summed E-state index contributed by atoms with van der Waals surface area (Å²) in [6, 6.07) is 30.5. The molecule has 3 nitrogen and oxygen atoms in total. The predicted octanol–water partition coefficient (Wildman–Crippen LogP) is 4.84. The SMILES string of the molecule is COc1ccccc1CN[C@@H]1CCN(Cc2ccccc2)C[C@H]1c1ccccc1. The van der Waals surface area contributed by atoms with Crippen molar-refractivity contribution < 1.29 is 4.74 Å². The number of para-hydroxylation sites is 1. The Labute approximate surface area is 174 Å². The zero-order valence-corrected chi connectivity index (χ0v) is 17.1. The van der Waals surface area contributed by atoms with Gasteiger partial charge in [0.2, 0.25) is 0 Å². The van der Waals surface area contributed by atoms with Crippen molar-refractivity contribution in [3.63, 3.8) is 0 Å². The first-order valence-electron chi connectivity index (χ1n) is 10.5. The molecule has 1 N–H and O–H groups in total. The number of nitrogens with zero attached hydrogens (tertiary/aromatic N) is 1. The van der Waals surface area contributed by atoms with Crippen LogP contribution in [0.25, 0.3) is 0 Å². The van der Waals surface area contributed by atoms with Crippen molar-refractivity contribution in [2.24, 2.45) is 0 Å². The number of likely N-dealkylation sites (tertiary alicyclic amines) is 1. The van der Waals surface area contributed by atoms with E-state index in [0.717, 1.165) is 38.3 Å². The Morgan fingerprint density at radius 3 is 2.34 bits per heavy atom. The number of ether oxygens (including phenoxy) is 1. The lowest BCUT2D eigenvalue weighted by atomic mass is 9.85. The largest absolute Gasteiger partial charge is 0.496 e. The summed E-state index contributed by atoms with van der Waals surface area (Å²) in [6.45, 7) is 4.03. The Kier molecular flexibility index (Phi) is 6.60. The van der Waals surface area contributed by atoms with Gasteiger partial charge in [-0.25, -0.2) is 0 Å². The molecule has 2 atom stereocenters. The molecule has 1 aliphatic rings. The van der Waals surface area contributed by atoms with Crippen LogP contribution in [0.5, 0.6) is 5.75 Å². The van der Waals surface area contributed by atoms with Crippen LogP contribution in [0.15, 0.2) is 84.9 Å². The molecule has 0 amide bonds. The molecule has 1 aliphatic heterocycles. The van der Waals surface area contributed by atoms with Crippen LogP contribution in [0.2, 0.25) is 0 Å². The summed E-state index contributed by atoms with van der Waals surface area (Å²) in [5.74, 6) is 1.43. The molecule has 0 aliphatic carbocycles. The minimum Gasteiger partial charge on any atom is -0.496 e. The van der Waals surface area contributed by atoms with Crippen LogP contribution in [0.1, 0.15) is 29.0 Å². The molecule has 1 saturated heterocycles. The Morgan fingerprint density at radius 1 is 0.897 bits per heavy atom. The van der Waals surface area contributed by atoms with Gasteiger partial charge in [-0.05, 0) is 23.6 Å². The first-order chi connectivity index (χ1) is 14.3. The van der Waals surface area contributed by atoms with E-state index in [2.05, 4.69) is 83.0 Å². The summed E-state index contributed by atoms with van der Waals surface area (Å²) >= 11 is 0. The molecular weight excluding hydrogens is 356 g/mol. The minimum absolute atomic E-state index is 0.453. The molecule has 0 aromatic heterocycles. The quantitative estimate of drug-likeness (QED) is 0.629. The third-order valence-electron chi connectivity index (χ3n) is 5.92. The molecule has 0 unspecified atom stereocenters. The normalized spacial score (nSPS) is 19.8. The van der Waals surface area contributed by atoms with Gasteiger partial charge >= 0.3 is 0 Å². The van der Waals surface area contributed by atoms with E-state index in [0.29, 0.717) is 12.0 Å². The summed E-state index contributed by atoms with van der Waals surface area (Å²) in [5.41, 5.74) is 4.02. The first kappa shape index (κ1) is 19.7. The van der Waals surface area contributed by atoms with E-state index in [9.17, 15) is 0 Å². The lowest BCUT2D eigenvalue weighted by molar-refractivity contribution is 0.166. The number of benzene rings is 3. The summed E-state index contributed by atoms with van der Waals surface area (Å²) in [6.07, 6.45) is 1.14. The van der Waals surface area contributed by atoms with Crippen LogP contribution in [-0.4, -0.2) is 31.1 Å². The van der Waals surface area contributed by atoms with Gasteiger partial charge in [0, 0.05) is 43.7 Å². The smallest absolute Gasteiger partial charge is 0.123 e. The van der Waals surface area contributed by atoms with E-state index in [1.165, 1.54) is 16.7 Å². The molecule has 1 fully saturated rings. The maximum Gasteiger partial charge on any atom is 0.123 e. The van der Waals surface area contributed by atoms with Crippen molar-refractivity contribution in [3.8, 4) is 5.75 Å². The number of methoxy groups -OCH3 is 1. The molecule has 0 bridgehead atoms. The molecule has 29 heavy (non-hydrogen) atoms. The average Bonchev–Trinajstić information content (AvgIpc) is 2.79. The van der Waals surface area contributed by atoms with Crippen molar-refractivity contribution in [1.82, 2.24) is 10.2 Å². The van der Waals surface area contributed by atoms with E-state index >= 15 is 0 Å². The van der Waals surface area contributed by atoms with Gasteiger partial charge in [-0.1, -0.05) is 78.9 Å². The molecule has 1 heterocycles. The van der Waals surface area contributed by atoms with Crippen molar-refractivity contribution in [2.45, 2.75) is 31.5 Å². The highest BCUT2D eigenvalue weighted by molar-refractivity contribution is 5.33. The molecule has 0 radical (unpaired) electrons. The Balaban J connectivity index is 1.47. The number of nitrogens with one attached hydrogen (secondary N) is 1. The van der Waals surface area contributed by atoms with Crippen LogP contribution in [0.4, 0.5) is 0 Å². The Hall–Kier alpha value is -2.62. The van der Waals surface area contributed by atoms with Crippen LogP contribution in [0, 0.1) is 0 Å². The number of piperidine rings is 1. The van der Waals surface area contributed by atoms with Crippen LogP contribution >= 0.6 is 0 Å². The molecule has 3 heteroatoms. The van der Waals surface area contributed by atoms with Crippen molar-refractivity contribution >= 4 is 0 Å². The Morgan fingerprint density at radius 2 is 1.59 bits per heavy atom. The highest BCUT2D eigenvalue weighted by atomic mass is 16.5. The van der Waals surface area contributed by atoms with Gasteiger partial charge in [0.1, 0.15) is 5.75 Å². The van der Waals surface area contributed by atoms with E-state index in [1.807, 2.05) is 12.1 Å². The Bertz CT molecular complexity index is 881. The van der Waals surface area contributed by atoms with Gasteiger partial charge in [0.15, 0.2) is 0 Å². The highest BCUT2D eigenvalue weighted by Gasteiger charge is 2.30. The van der Waals surface area contributed by atoms with Crippen LogP contribution in [-0.2, 0) is 13.1 Å². The molecule has 0 spiro atoms. The second-order valence-electron chi connectivity index (χ2n) is 7.83. The molecular formula is C26H30N2O. The second-order valence-corrected chi connectivity index (χ2v) is 7.83. The van der Waals surface area contributed by atoms with Crippen molar-refractivity contribution in [2.75, 3.05) is 20.2 Å². The zero-order valence-electron chi connectivity index (χ0n) is 17.1. The van der Waals surface area contributed by atoms with Gasteiger partial charge in [0.25, 0.3) is 0 Å². The van der Waals surface area contributed by atoms with E-state index < -0.39 is 0 Å². The average molecular weight is 387 g/mol. The van der Waals surface area contributed by atoms with E-state index in [1.54, 1.807) is 7.11 Å². The fraction of sp³-hybridized carbons (Fsp3) is 0.308. The number of rotatable bonds is 7. The maximum absolute atomic E-state index is 5.53. The van der Waals surface area contributed by atoms with E-state index in [-0.39, 0.29) is 0 Å². The van der Waals surface area contributed by atoms with Crippen molar-refractivity contribution in [3.05, 3.63) is 102 Å². The third-order valence-corrected chi connectivity index (χ3v) is 5.92. The molecule has 0 saturated carbocycles. The van der Waals surface area contributed by atoms with Crippen molar-refractivity contribution in [1.29, 1.82) is 0 Å². The fourth-order valence-electron chi connectivity index (χ4n) is 4.38. The maximum atomic E-state index is 5.53. The summed E-state index contributed by atoms with van der Waals surface area (Å²) in [4.78, 5) is 2.59. The molecule has 150 valence electrons. The second kappa shape index (κ2) is 9.73. The summed E-state index contributed by atoms with van der Waals surface area (Å²) < 4.78 is 5.53. The molecule has 3 aromatic carbocycles.